The molecule has 0 saturated heterocycles. The number of ether oxygens (including phenoxy) is 2. The van der Waals surface area contributed by atoms with E-state index in [-0.39, 0.29) is 5.91 Å². The molecule has 3 rings (SSSR count). The van der Waals surface area contributed by atoms with Crippen molar-refractivity contribution in [3.8, 4) is 11.5 Å². The van der Waals surface area contributed by atoms with E-state index in [0.717, 1.165) is 16.9 Å². The first kappa shape index (κ1) is 15.8. The summed E-state index contributed by atoms with van der Waals surface area (Å²) < 4.78 is 10.7. The Morgan fingerprint density at radius 3 is 2.71 bits per heavy atom. The zero-order valence-corrected chi connectivity index (χ0v) is 13.6. The Labute approximate surface area is 140 Å². The summed E-state index contributed by atoms with van der Waals surface area (Å²) in [5, 5.41) is 2.79. The van der Waals surface area contributed by atoms with Crippen LogP contribution in [0.25, 0.3) is 6.08 Å². The summed E-state index contributed by atoms with van der Waals surface area (Å²) in [7, 11) is 1.60. The fourth-order valence-electron chi connectivity index (χ4n) is 2.39. The lowest BCUT2D eigenvalue weighted by molar-refractivity contribution is -0.115. The average Bonchev–Trinajstić information content (AvgIpc) is 2.96. The number of rotatable bonds is 5. The molecular formula is C19H18N2O3. The van der Waals surface area contributed by atoms with E-state index in [2.05, 4.69) is 10.3 Å². The molecule has 1 N–H and O–H groups in total. The molecular weight excluding hydrogens is 304 g/mol. The number of aliphatic imine (C=N–C) groups is 1. The van der Waals surface area contributed by atoms with Crippen LogP contribution in [0.3, 0.4) is 0 Å². The minimum absolute atomic E-state index is 0.227. The van der Waals surface area contributed by atoms with Crippen LogP contribution in [0.5, 0.6) is 11.5 Å². The quantitative estimate of drug-likeness (QED) is 0.861. The van der Waals surface area contributed by atoms with Gasteiger partial charge in [0.15, 0.2) is 0 Å². The number of carbonyl (C=O) groups excluding carboxylic acids is 1. The van der Waals surface area contributed by atoms with Crippen LogP contribution in [0.1, 0.15) is 18.1 Å². The number of benzene rings is 2. The molecule has 2 aromatic carbocycles. The predicted molar refractivity (Wildman–Crippen MR) is 93.3 cm³/mol. The molecule has 122 valence electrons. The third-order valence-corrected chi connectivity index (χ3v) is 3.51. The Kier molecular flexibility index (Phi) is 4.61. The molecule has 0 aromatic heterocycles. The molecule has 0 radical (unpaired) electrons. The molecule has 1 aliphatic heterocycles. The number of carbonyl (C=O) groups is 1. The summed E-state index contributed by atoms with van der Waals surface area (Å²) in [4.78, 5) is 16.6. The van der Waals surface area contributed by atoms with Gasteiger partial charge in [0.05, 0.1) is 13.7 Å². The zero-order valence-electron chi connectivity index (χ0n) is 13.6. The zero-order chi connectivity index (χ0) is 16.9. The normalized spacial score (nSPS) is 15.2. The van der Waals surface area contributed by atoms with E-state index in [1.165, 1.54) is 0 Å². The summed E-state index contributed by atoms with van der Waals surface area (Å²) in [5.41, 5.74) is 2.03. The van der Waals surface area contributed by atoms with Gasteiger partial charge in [-0.25, -0.2) is 4.99 Å². The van der Waals surface area contributed by atoms with Crippen molar-refractivity contribution in [2.24, 2.45) is 4.99 Å². The van der Waals surface area contributed by atoms with Gasteiger partial charge in [-0.1, -0.05) is 24.3 Å². The summed E-state index contributed by atoms with van der Waals surface area (Å²) in [6, 6.07) is 15.0. The van der Waals surface area contributed by atoms with Gasteiger partial charge in [0.25, 0.3) is 5.91 Å². The van der Waals surface area contributed by atoms with E-state index >= 15 is 0 Å². The smallest absolute Gasteiger partial charge is 0.275 e. The minimum atomic E-state index is -0.227. The number of hydrogen-bond acceptors (Lipinski definition) is 4. The number of amidine groups is 1. The average molecular weight is 322 g/mol. The van der Waals surface area contributed by atoms with E-state index in [4.69, 9.17) is 9.47 Å². The number of nitrogens with one attached hydrogen (secondary N) is 1. The van der Waals surface area contributed by atoms with Gasteiger partial charge >= 0.3 is 0 Å². The lowest BCUT2D eigenvalue weighted by Crippen LogP contribution is -2.24. The SMILES string of the molecule is CCOc1cccc(/C=C2/N=C(c3cccc(OC)c3)NC2=O)c1. The van der Waals surface area contributed by atoms with E-state index in [1.54, 1.807) is 13.2 Å². The molecule has 0 saturated carbocycles. The van der Waals surface area contributed by atoms with Crippen molar-refractivity contribution in [2.75, 3.05) is 13.7 Å². The first-order valence-electron chi connectivity index (χ1n) is 7.68. The van der Waals surface area contributed by atoms with Crippen molar-refractivity contribution in [2.45, 2.75) is 6.92 Å². The lowest BCUT2D eigenvalue weighted by atomic mass is 10.2. The first-order valence-corrected chi connectivity index (χ1v) is 7.68. The van der Waals surface area contributed by atoms with Crippen molar-refractivity contribution in [3.63, 3.8) is 0 Å². The van der Waals surface area contributed by atoms with E-state index in [9.17, 15) is 4.79 Å². The molecule has 24 heavy (non-hydrogen) atoms. The van der Waals surface area contributed by atoms with Crippen LogP contribution >= 0.6 is 0 Å². The molecule has 1 aliphatic rings. The van der Waals surface area contributed by atoms with Crippen LogP contribution in [-0.4, -0.2) is 25.5 Å². The van der Waals surface area contributed by atoms with Crippen molar-refractivity contribution in [3.05, 3.63) is 65.4 Å². The highest BCUT2D eigenvalue weighted by molar-refractivity contribution is 6.19. The number of methoxy groups -OCH3 is 1. The summed E-state index contributed by atoms with van der Waals surface area (Å²) >= 11 is 0. The number of amides is 1. The molecule has 5 nitrogen and oxygen atoms in total. The molecule has 0 spiro atoms. The van der Waals surface area contributed by atoms with Gasteiger partial charge in [-0.2, -0.15) is 0 Å². The Hall–Kier alpha value is -3.08. The second-order valence-corrected chi connectivity index (χ2v) is 5.18. The van der Waals surface area contributed by atoms with Crippen LogP contribution in [-0.2, 0) is 4.79 Å². The van der Waals surface area contributed by atoms with Gasteiger partial charge < -0.3 is 14.8 Å². The molecule has 1 amide bonds. The Morgan fingerprint density at radius 2 is 1.92 bits per heavy atom. The van der Waals surface area contributed by atoms with Gasteiger partial charge in [0.1, 0.15) is 23.0 Å². The van der Waals surface area contributed by atoms with E-state index < -0.39 is 0 Å². The summed E-state index contributed by atoms with van der Waals surface area (Å²) in [6.45, 7) is 2.53. The fourth-order valence-corrected chi connectivity index (χ4v) is 2.39. The summed E-state index contributed by atoms with van der Waals surface area (Å²) in [5.74, 6) is 1.77. The fraction of sp³-hybridized carbons (Fsp3) is 0.158. The standard InChI is InChI=1S/C19H18N2O3/c1-3-24-16-9-4-6-13(10-16)11-17-19(22)21-18(20-17)14-7-5-8-15(12-14)23-2/h4-12H,3H2,1-2H3,(H,20,21,22)/b17-11+. The maximum Gasteiger partial charge on any atom is 0.275 e. The monoisotopic (exact) mass is 322 g/mol. The van der Waals surface area contributed by atoms with Crippen molar-refractivity contribution < 1.29 is 14.3 Å². The Morgan fingerprint density at radius 1 is 1.12 bits per heavy atom. The molecule has 0 atom stereocenters. The highest BCUT2D eigenvalue weighted by Crippen LogP contribution is 2.20. The largest absolute Gasteiger partial charge is 0.497 e. The molecule has 1 heterocycles. The summed E-state index contributed by atoms with van der Waals surface area (Å²) in [6.07, 6.45) is 1.74. The molecule has 2 aromatic rings. The molecule has 0 aliphatic carbocycles. The van der Waals surface area contributed by atoms with Crippen LogP contribution < -0.4 is 14.8 Å². The van der Waals surface area contributed by atoms with Gasteiger partial charge in [0, 0.05) is 5.56 Å². The third-order valence-electron chi connectivity index (χ3n) is 3.51. The number of nitrogens with zero attached hydrogens (tertiary/aromatic N) is 1. The van der Waals surface area contributed by atoms with E-state index in [0.29, 0.717) is 23.9 Å². The van der Waals surface area contributed by atoms with Crippen molar-refractivity contribution in [1.29, 1.82) is 0 Å². The first-order chi connectivity index (χ1) is 11.7. The second-order valence-electron chi connectivity index (χ2n) is 5.18. The highest BCUT2D eigenvalue weighted by Gasteiger charge is 2.21. The minimum Gasteiger partial charge on any atom is -0.497 e. The topological polar surface area (TPSA) is 59.9 Å². The maximum absolute atomic E-state index is 12.2. The molecule has 5 heteroatoms. The van der Waals surface area contributed by atoms with Gasteiger partial charge in [-0.15, -0.1) is 0 Å². The molecule has 0 unspecified atom stereocenters. The van der Waals surface area contributed by atoms with Gasteiger partial charge in [0.2, 0.25) is 0 Å². The molecule has 0 fully saturated rings. The Bertz CT molecular complexity index is 825. The van der Waals surface area contributed by atoms with Crippen LogP contribution in [0.4, 0.5) is 0 Å². The van der Waals surface area contributed by atoms with Gasteiger partial charge in [-0.3, -0.25) is 4.79 Å². The van der Waals surface area contributed by atoms with Crippen molar-refractivity contribution >= 4 is 17.8 Å². The highest BCUT2D eigenvalue weighted by atomic mass is 16.5. The lowest BCUT2D eigenvalue weighted by Gasteiger charge is -2.03. The number of hydrogen-bond donors (Lipinski definition) is 1. The molecule has 0 bridgehead atoms. The maximum atomic E-state index is 12.2. The van der Waals surface area contributed by atoms with Crippen LogP contribution in [0.15, 0.2) is 59.2 Å². The van der Waals surface area contributed by atoms with Gasteiger partial charge in [-0.05, 0) is 42.8 Å². The van der Waals surface area contributed by atoms with Crippen LogP contribution in [0.2, 0.25) is 0 Å². The van der Waals surface area contributed by atoms with Crippen molar-refractivity contribution in [1.82, 2.24) is 5.32 Å². The van der Waals surface area contributed by atoms with Crippen LogP contribution in [0, 0.1) is 0 Å². The Balaban J connectivity index is 1.89. The second kappa shape index (κ2) is 7.00. The van der Waals surface area contributed by atoms with E-state index in [1.807, 2.05) is 55.5 Å². The third kappa shape index (κ3) is 3.46. The predicted octanol–water partition coefficient (Wildman–Crippen LogP) is 3.01.